The molecule has 88 valence electrons. The van der Waals surface area contributed by atoms with Gasteiger partial charge in [0, 0.05) is 17.8 Å². The second-order valence-electron chi connectivity index (χ2n) is 5.32. The summed E-state index contributed by atoms with van der Waals surface area (Å²) >= 11 is 0. The SMILES string of the molecule is O=CC1CC2c3ccccc3C1c1ccccc12. The fourth-order valence-electron chi connectivity index (χ4n) is 3.82. The lowest BCUT2D eigenvalue weighted by molar-refractivity contribution is -0.112. The predicted molar refractivity (Wildman–Crippen MR) is 70.7 cm³/mol. The van der Waals surface area contributed by atoms with Crippen LogP contribution < -0.4 is 0 Å². The zero-order valence-electron chi connectivity index (χ0n) is 10.0. The molecule has 3 aliphatic rings. The highest BCUT2D eigenvalue weighted by Crippen LogP contribution is 2.54. The lowest BCUT2D eigenvalue weighted by Gasteiger charge is -2.43. The van der Waals surface area contributed by atoms with E-state index in [0.717, 1.165) is 12.7 Å². The fourth-order valence-corrected chi connectivity index (χ4v) is 3.82. The molecule has 2 aromatic rings. The third kappa shape index (κ3) is 1.14. The van der Waals surface area contributed by atoms with Crippen molar-refractivity contribution in [2.45, 2.75) is 18.3 Å². The van der Waals surface area contributed by atoms with Gasteiger partial charge in [0.1, 0.15) is 6.29 Å². The normalized spacial score (nSPS) is 27.4. The highest BCUT2D eigenvalue weighted by molar-refractivity contribution is 5.66. The highest BCUT2D eigenvalue weighted by Gasteiger charge is 2.42. The van der Waals surface area contributed by atoms with E-state index in [0.29, 0.717) is 5.92 Å². The molecule has 0 N–H and O–H groups in total. The van der Waals surface area contributed by atoms with Crippen molar-refractivity contribution in [1.82, 2.24) is 0 Å². The van der Waals surface area contributed by atoms with E-state index in [1.54, 1.807) is 0 Å². The van der Waals surface area contributed by atoms with Crippen LogP contribution in [0.2, 0.25) is 0 Å². The van der Waals surface area contributed by atoms with E-state index >= 15 is 0 Å². The third-order valence-electron chi connectivity index (χ3n) is 4.52. The summed E-state index contributed by atoms with van der Waals surface area (Å²) in [6, 6.07) is 17.2. The van der Waals surface area contributed by atoms with Crippen molar-refractivity contribution >= 4 is 6.29 Å². The highest BCUT2D eigenvalue weighted by atomic mass is 16.1. The van der Waals surface area contributed by atoms with E-state index in [-0.39, 0.29) is 11.8 Å². The van der Waals surface area contributed by atoms with E-state index < -0.39 is 0 Å². The average Bonchev–Trinajstić information content (AvgIpc) is 2.47. The second kappa shape index (κ2) is 3.55. The molecular formula is C17H14O. The minimum Gasteiger partial charge on any atom is -0.303 e. The van der Waals surface area contributed by atoms with Crippen LogP contribution in [0.4, 0.5) is 0 Å². The lowest BCUT2D eigenvalue weighted by atomic mass is 9.59. The monoisotopic (exact) mass is 234 g/mol. The minimum atomic E-state index is 0.153. The summed E-state index contributed by atoms with van der Waals surface area (Å²) in [5, 5.41) is 0. The molecule has 1 nitrogen and oxygen atoms in total. The van der Waals surface area contributed by atoms with Gasteiger partial charge in [-0.25, -0.2) is 0 Å². The van der Waals surface area contributed by atoms with E-state index in [1.165, 1.54) is 22.3 Å². The van der Waals surface area contributed by atoms with E-state index in [9.17, 15) is 4.79 Å². The van der Waals surface area contributed by atoms with Crippen LogP contribution in [0.1, 0.15) is 40.5 Å². The van der Waals surface area contributed by atoms with E-state index in [1.807, 2.05) is 0 Å². The maximum absolute atomic E-state index is 11.4. The molecular weight excluding hydrogens is 220 g/mol. The average molecular weight is 234 g/mol. The summed E-state index contributed by atoms with van der Waals surface area (Å²) in [7, 11) is 0. The summed E-state index contributed by atoms with van der Waals surface area (Å²) in [5.74, 6) is 0.845. The quantitative estimate of drug-likeness (QED) is 0.690. The van der Waals surface area contributed by atoms with Crippen LogP contribution in [0.25, 0.3) is 0 Å². The Hall–Kier alpha value is -1.89. The predicted octanol–water partition coefficient (Wildman–Crippen LogP) is 3.48. The zero-order valence-corrected chi connectivity index (χ0v) is 10.0. The maximum atomic E-state index is 11.4. The van der Waals surface area contributed by atoms with Crippen molar-refractivity contribution in [2.24, 2.45) is 5.92 Å². The Labute approximate surface area is 106 Å². The first-order valence-corrected chi connectivity index (χ1v) is 6.53. The van der Waals surface area contributed by atoms with Crippen molar-refractivity contribution in [3.8, 4) is 0 Å². The summed E-state index contributed by atoms with van der Waals surface area (Å²) in [5.41, 5.74) is 5.59. The van der Waals surface area contributed by atoms with Crippen molar-refractivity contribution in [3.05, 3.63) is 70.8 Å². The summed E-state index contributed by atoms with van der Waals surface area (Å²) in [6.07, 6.45) is 2.13. The molecule has 0 radical (unpaired) electrons. The molecule has 0 aromatic heterocycles. The topological polar surface area (TPSA) is 17.1 Å². The van der Waals surface area contributed by atoms with Gasteiger partial charge < -0.3 is 4.79 Å². The Morgan fingerprint density at radius 1 is 0.833 bits per heavy atom. The standard InChI is InChI=1S/C17H14O/c18-10-11-9-16-12-5-1-3-7-14(12)17(11)15-8-4-2-6-13(15)16/h1-8,10-11,16-17H,9H2. The zero-order chi connectivity index (χ0) is 12.1. The lowest BCUT2D eigenvalue weighted by Crippen LogP contribution is -2.32. The number of carbonyl (C=O) groups is 1. The number of rotatable bonds is 1. The first-order valence-electron chi connectivity index (χ1n) is 6.53. The summed E-state index contributed by atoms with van der Waals surface area (Å²) < 4.78 is 0. The molecule has 0 saturated heterocycles. The van der Waals surface area contributed by atoms with Crippen molar-refractivity contribution < 1.29 is 4.79 Å². The number of aldehydes is 1. The minimum absolute atomic E-state index is 0.153. The molecule has 2 aromatic carbocycles. The molecule has 2 bridgehead atoms. The molecule has 0 aliphatic heterocycles. The van der Waals surface area contributed by atoms with Crippen LogP contribution in [-0.4, -0.2) is 6.29 Å². The number of fused-ring (bicyclic) bond motifs is 1. The molecule has 0 spiro atoms. The first kappa shape index (κ1) is 10.1. The molecule has 1 unspecified atom stereocenters. The van der Waals surface area contributed by atoms with Gasteiger partial charge in [-0.3, -0.25) is 0 Å². The maximum Gasteiger partial charge on any atom is 0.124 e. The van der Waals surface area contributed by atoms with Gasteiger partial charge in [-0.15, -0.1) is 0 Å². The first-order chi connectivity index (χ1) is 8.90. The van der Waals surface area contributed by atoms with Gasteiger partial charge in [0.2, 0.25) is 0 Å². The molecule has 0 amide bonds. The van der Waals surface area contributed by atoms with Crippen molar-refractivity contribution in [1.29, 1.82) is 0 Å². The van der Waals surface area contributed by atoms with Crippen LogP contribution in [0.15, 0.2) is 48.5 Å². The van der Waals surface area contributed by atoms with Crippen molar-refractivity contribution in [2.75, 3.05) is 0 Å². The molecule has 18 heavy (non-hydrogen) atoms. The Bertz CT molecular complexity index is 582. The molecule has 1 atom stereocenters. The van der Waals surface area contributed by atoms with E-state index in [4.69, 9.17) is 0 Å². The molecule has 1 heteroatoms. The van der Waals surface area contributed by atoms with Crippen LogP contribution in [0.3, 0.4) is 0 Å². The largest absolute Gasteiger partial charge is 0.303 e. The number of benzene rings is 2. The van der Waals surface area contributed by atoms with Gasteiger partial charge in [0.05, 0.1) is 0 Å². The molecule has 0 saturated carbocycles. The molecule has 0 fully saturated rings. The Balaban J connectivity index is 2.03. The Morgan fingerprint density at radius 2 is 1.33 bits per heavy atom. The summed E-state index contributed by atoms with van der Waals surface area (Å²) in [6.45, 7) is 0. The van der Waals surface area contributed by atoms with Gasteiger partial charge in [0.15, 0.2) is 0 Å². The van der Waals surface area contributed by atoms with Gasteiger partial charge in [-0.05, 0) is 28.7 Å². The van der Waals surface area contributed by atoms with Gasteiger partial charge in [0.25, 0.3) is 0 Å². The fraction of sp³-hybridized carbons (Fsp3) is 0.235. The number of hydrogen-bond donors (Lipinski definition) is 0. The smallest absolute Gasteiger partial charge is 0.124 e. The van der Waals surface area contributed by atoms with E-state index in [2.05, 4.69) is 48.5 Å². The second-order valence-corrected chi connectivity index (χ2v) is 5.32. The van der Waals surface area contributed by atoms with Crippen LogP contribution in [-0.2, 0) is 4.79 Å². The van der Waals surface area contributed by atoms with Gasteiger partial charge >= 0.3 is 0 Å². The van der Waals surface area contributed by atoms with Gasteiger partial charge in [-0.1, -0.05) is 48.5 Å². The number of carbonyl (C=O) groups excluding carboxylic acids is 1. The van der Waals surface area contributed by atoms with Crippen LogP contribution in [0.5, 0.6) is 0 Å². The van der Waals surface area contributed by atoms with Crippen molar-refractivity contribution in [3.63, 3.8) is 0 Å². The Morgan fingerprint density at radius 3 is 1.83 bits per heavy atom. The van der Waals surface area contributed by atoms with Crippen LogP contribution >= 0.6 is 0 Å². The summed E-state index contributed by atoms with van der Waals surface area (Å²) in [4.78, 5) is 11.4. The third-order valence-corrected chi connectivity index (χ3v) is 4.52. The molecule has 0 heterocycles. The Kier molecular flexibility index (Phi) is 1.99. The molecule has 5 rings (SSSR count). The number of hydrogen-bond acceptors (Lipinski definition) is 1. The van der Waals surface area contributed by atoms with Gasteiger partial charge in [-0.2, -0.15) is 0 Å². The van der Waals surface area contributed by atoms with Crippen LogP contribution in [0, 0.1) is 5.92 Å². The molecule has 3 aliphatic carbocycles.